The number of H-pyrrole nitrogens is 1. The van der Waals surface area contributed by atoms with E-state index < -0.39 is 36.5 Å². The van der Waals surface area contributed by atoms with Crippen molar-refractivity contribution in [2.45, 2.75) is 12.6 Å². The molecule has 1 atom stereocenters. The van der Waals surface area contributed by atoms with Crippen LogP contribution in [0.2, 0.25) is 0 Å². The van der Waals surface area contributed by atoms with E-state index in [1.807, 2.05) is 5.32 Å². The van der Waals surface area contributed by atoms with Gasteiger partial charge in [0.2, 0.25) is 5.91 Å². The quantitative estimate of drug-likeness (QED) is 0.381. The van der Waals surface area contributed by atoms with E-state index in [4.69, 9.17) is 5.11 Å². The lowest BCUT2D eigenvalue weighted by atomic mass is 10.2. The Labute approximate surface area is 122 Å². The van der Waals surface area contributed by atoms with Crippen LogP contribution in [0.5, 0.6) is 0 Å². The first kappa shape index (κ1) is 15.1. The zero-order chi connectivity index (χ0) is 16.1. The van der Waals surface area contributed by atoms with Crippen molar-refractivity contribution in [3.63, 3.8) is 0 Å². The number of carbonyl (C=O) groups excluding carboxylic acids is 3. The lowest BCUT2D eigenvalue weighted by Gasteiger charge is -2.20. The van der Waals surface area contributed by atoms with Crippen molar-refractivity contribution in [1.29, 1.82) is 0 Å². The molecule has 1 aliphatic rings. The molecule has 1 aliphatic heterocycles. The molecule has 0 aliphatic carbocycles. The normalized spacial score (nSPS) is 17.0. The van der Waals surface area contributed by atoms with Crippen molar-refractivity contribution in [3.8, 4) is 0 Å². The Kier molecular flexibility index (Phi) is 4.45. The molecular weight excluding hydrogens is 300 g/mol. The van der Waals surface area contributed by atoms with E-state index in [0.717, 1.165) is 0 Å². The minimum Gasteiger partial charge on any atom is -0.465 e. The lowest BCUT2D eigenvalue weighted by Crippen LogP contribution is -2.51. The number of carboxylic acid groups (broad SMARTS) is 1. The maximum atomic E-state index is 12.0. The number of nitrogens with one attached hydrogen (secondary N) is 4. The molecule has 2 heterocycles. The highest BCUT2D eigenvalue weighted by Gasteiger charge is 2.40. The summed E-state index contributed by atoms with van der Waals surface area (Å²) in [5.74, 6) is -1.21. The number of urea groups is 1. The van der Waals surface area contributed by atoms with Crippen LogP contribution in [0.4, 0.5) is 9.59 Å². The largest absolute Gasteiger partial charge is 0.465 e. The van der Waals surface area contributed by atoms with E-state index in [1.54, 1.807) is 0 Å². The van der Waals surface area contributed by atoms with Gasteiger partial charge in [-0.3, -0.25) is 9.59 Å². The smallest absolute Gasteiger partial charge is 0.405 e. The molecule has 1 aromatic rings. The van der Waals surface area contributed by atoms with Gasteiger partial charge in [0.1, 0.15) is 12.6 Å². The van der Waals surface area contributed by atoms with Crippen LogP contribution in [-0.4, -0.2) is 73.7 Å². The van der Waals surface area contributed by atoms with E-state index in [0.29, 0.717) is 4.90 Å². The fourth-order valence-electron chi connectivity index (χ4n) is 1.78. The number of tetrazole rings is 1. The molecule has 0 aromatic carbocycles. The topological polar surface area (TPSA) is 182 Å². The Hall–Kier alpha value is -3.25. The monoisotopic (exact) mass is 312 g/mol. The summed E-state index contributed by atoms with van der Waals surface area (Å²) >= 11 is 0. The average molecular weight is 312 g/mol. The number of aromatic amines is 1. The third kappa shape index (κ3) is 3.44. The number of carbonyl (C=O) groups is 4. The summed E-state index contributed by atoms with van der Waals surface area (Å²) in [7, 11) is 0. The van der Waals surface area contributed by atoms with Crippen LogP contribution in [-0.2, 0) is 16.1 Å². The zero-order valence-electron chi connectivity index (χ0n) is 11.1. The van der Waals surface area contributed by atoms with Gasteiger partial charge in [-0.25, -0.2) is 14.5 Å². The molecule has 1 saturated heterocycles. The first-order chi connectivity index (χ1) is 10.5. The molecule has 1 fully saturated rings. The van der Waals surface area contributed by atoms with Gasteiger partial charge in [-0.1, -0.05) is 5.21 Å². The van der Waals surface area contributed by atoms with Crippen molar-refractivity contribution >= 4 is 23.9 Å². The Morgan fingerprint density at radius 1 is 1.36 bits per heavy atom. The van der Waals surface area contributed by atoms with Gasteiger partial charge in [0, 0.05) is 6.54 Å². The van der Waals surface area contributed by atoms with Crippen LogP contribution in [0.3, 0.4) is 0 Å². The zero-order valence-corrected chi connectivity index (χ0v) is 11.1. The van der Waals surface area contributed by atoms with E-state index in [2.05, 4.69) is 31.3 Å². The van der Waals surface area contributed by atoms with Gasteiger partial charge in [-0.15, -0.1) is 10.2 Å². The Balaban J connectivity index is 1.95. The van der Waals surface area contributed by atoms with E-state index in [1.165, 1.54) is 0 Å². The number of hydrogen-bond donors (Lipinski definition) is 5. The summed E-state index contributed by atoms with van der Waals surface area (Å²) in [6, 6.07) is -1.85. The number of aromatic nitrogens is 4. The highest BCUT2D eigenvalue weighted by atomic mass is 16.4. The predicted molar refractivity (Wildman–Crippen MR) is 66.1 cm³/mol. The molecule has 1 aromatic heterocycles. The third-order valence-corrected chi connectivity index (χ3v) is 2.75. The van der Waals surface area contributed by atoms with E-state index >= 15 is 0 Å². The highest BCUT2D eigenvalue weighted by Crippen LogP contribution is 2.08. The molecule has 1 unspecified atom stereocenters. The summed E-state index contributed by atoms with van der Waals surface area (Å²) in [5.41, 5.74) is 0. The molecule has 0 bridgehead atoms. The van der Waals surface area contributed by atoms with Gasteiger partial charge < -0.3 is 21.1 Å². The fourth-order valence-corrected chi connectivity index (χ4v) is 1.78. The van der Waals surface area contributed by atoms with Gasteiger partial charge in [-0.05, 0) is 0 Å². The van der Waals surface area contributed by atoms with Gasteiger partial charge in [0.05, 0.1) is 6.54 Å². The summed E-state index contributed by atoms with van der Waals surface area (Å²) in [6.07, 6.45) is -1.41. The van der Waals surface area contributed by atoms with Gasteiger partial charge in [0.25, 0.3) is 5.91 Å². The van der Waals surface area contributed by atoms with Crippen molar-refractivity contribution in [3.05, 3.63) is 5.82 Å². The first-order valence-corrected chi connectivity index (χ1v) is 6.05. The first-order valence-electron chi connectivity index (χ1n) is 6.05. The van der Waals surface area contributed by atoms with Crippen molar-refractivity contribution < 1.29 is 24.3 Å². The molecular formula is C9H12N8O5. The molecule has 2 rings (SSSR count). The molecule has 13 heteroatoms. The molecule has 5 N–H and O–H groups in total. The van der Waals surface area contributed by atoms with Crippen LogP contribution >= 0.6 is 0 Å². The maximum Gasteiger partial charge on any atom is 0.405 e. The number of rotatable bonds is 5. The van der Waals surface area contributed by atoms with Crippen molar-refractivity contribution in [1.82, 2.24) is 41.5 Å². The van der Waals surface area contributed by atoms with Crippen molar-refractivity contribution in [2.24, 2.45) is 0 Å². The highest BCUT2D eigenvalue weighted by molar-refractivity contribution is 6.03. The maximum absolute atomic E-state index is 12.0. The summed E-state index contributed by atoms with van der Waals surface area (Å²) in [5, 5.41) is 27.9. The number of hydrogen-bond acceptors (Lipinski definition) is 7. The standard InChI is InChI=1S/C9H12N8O5/c18-6(3-12-9(21)22)17-4(1-11-8(17)20)7(19)10-2-5-13-15-16-14-5/h4,12H,1-3H2,(H,10,19)(H,11,20)(H,21,22)(H,13,14,15,16). The van der Waals surface area contributed by atoms with Gasteiger partial charge in [-0.2, -0.15) is 5.21 Å². The van der Waals surface area contributed by atoms with Crippen LogP contribution in [0.1, 0.15) is 5.82 Å². The van der Waals surface area contributed by atoms with Gasteiger partial charge in [0.15, 0.2) is 5.82 Å². The van der Waals surface area contributed by atoms with Gasteiger partial charge >= 0.3 is 12.1 Å². The minimum atomic E-state index is -1.41. The summed E-state index contributed by atoms with van der Waals surface area (Å²) in [4.78, 5) is 46.5. The molecule has 118 valence electrons. The number of amides is 5. The molecule has 0 saturated carbocycles. The molecule has 22 heavy (non-hydrogen) atoms. The predicted octanol–water partition coefficient (Wildman–Crippen LogP) is -3.00. The number of nitrogens with zero attached hydrogens (tertiary/aromatic N) is 4. The molecule has 13 nitrogen and oxygen atoms in total. The molecule has 5 amide bonds. The van der Waals surface area contributed by atoms with Crippen molar-refractivity contribution in [2.75, 3.05) is 13.1 Å². The SMILES string of the molecule is O=C(O)NCC(=O)N1C(=O)NCC1C(=O)NCc1nn[nH]n1. The second-order valence-corrected chi connectivity index (χ2v) is 4.17. The Morgan fingerprint density at radius 3 is 2.77 bits per heavy atom. The summed E-state index contributed by atoms with van der Waals surface area (Å²) in [6.45, 7) is -0.720. The number of imide groups is 1. The summed E-state index contributed by atoms with van der Waals surface area (Å²) < 4.78 is 0. The van der Waals surface area contributed by atoms with Crippen LogP contribution in [0.15, 0.2) is 0 Å². The second-order valence-electron chi connectivity index (χ2n) is 4.17. The van der Waals surface area contributed by atoms with Crippen LogP contribution in [0.25, 0.3) is 0 Å². The van der Waals surface area contributed by atoms with Crippen LogP contribution in [0, 0.1) is 0 Å². The molecule has 0 spiro atoms. The third-order valence-electron chi connectivity index (χ3n) is 2.75. The van der Waals surface area contributed by atoms with Crippen LogP contribution < -0.4 is 16.0 Å². The molecule has 0 radical (unpaired) electrons. The van der Waals surface area contributed by atoms with E-state index in [9.17, 15) is 19.2 Å². The fraction of sp³-hybridized carbons (Fsp3) is 0.444. The minimum absolute atomic E-state index is 0.0323. The van der Waals surface area contributed by atoms with E-state index in [-0.39, 0.29) is 18.9 Å². The Morgan fingerprint density at radius 2 is 2.14 bits per heavy atom. The lowest BCUT2D eigenvalue weighted by molar-refractivity contribution is -0.135. The average Bonchev–Trinajstić information content (AvgIpc) is 3.11. The second kappa shape index (κ2) is 6.47. The Bertz CT molecular complexity index is 587.